The molecule has 0 spiro atoms. The number of para-hydroxylation sites is 2. The van der Waals surface area contributed by atoms with E-state index in [0.29, 0.717) is 0 Å². The minimum absolute atomic E-state index is 0. The van der Waals surface area contributed by atoms with Crippen LogP contribution in [-0.4, -0.2) is 11.4 Å². The number of nitrogens with zero attached hydrogens (tertiary/aromatic N) is 2. The van der Waals surface area contributed by atoms with Crippen molar-refractivity contribution in [3.63, 3.8) is 0 Å². The van der Waals surface area contributed by atoms with Gasteiger partial charge in [-0.3, -0.25) is 9.98 Å². The van der Waals surface area contributed by atoms with Gasteiger partial charge in [-0.25, -0.2) is 0 Å². The summed E-state index contributed by atoms with van der Waals surface area (Å²) < 4.78 is 0. The quantitative estimate of drug-likeness (QED) is 0.414. The Kier molecular flexibility index (Phi) is 8.25. The first-order valence-corrected chi connectivity index (χ1v) is 8.69. The predicted molar refractivity (Wildman–Crippen MR) is 107 cm³/mol. The molecule has 0 heterocycles. The zero-order chi connectivity index (χ0) is 17.7. The van der Waals surface area contributed by atoms with Crippen molar-refractivity contribution < 1.29 is 16.5 Å². The van der Waals surface area contributed by atoms with Crippen molar-refractivity contribution in [1.82, 2.24) is 0 Å². The fourth-order valence-corrected chi connectivity index (χ4v) is 2.89. The number of benzene rings is 2. The number of hydrogen-bond acceptors (Lipinski definition) is 2. The van der Waals surface area contributed by atoms with Crippen LogP contribution in [0.1, 0.15) is 48.9 Å². The van der Waals surface area contributed by atoms with E-state index in [2.05, 4.69) is 77.9 Å². The van der Waals surface area contributed by atoms with Crippen molar-refractivity contribution in [2.75, 3.05) is 0 Å². The third-order valence-corrected chi connectivity index (χ3v) is 4.31. The molecule has 0 fully saturated rings. The van der Waals surface area contributed by atoms with Crippen LogP contribution in [0.2, 0.25) is 0 Å². The molecule has 25 heavy (non-hydrogen) atoms. The summed E-state index contributed by atoms with van der Waals surface area (Å²) in [5, 5.41) is 0. The third kappa shape index (κ3) is 5.37. The van der Waals surface area contributed by atoms with E-state index in [1.807, 2.05) is 0 Å². The Labute approximate surface area is 162 Å². The average Bonchev–Trinajstić information content (AvgIpc) is 2.53. The van der Waals surface area contributed by atoms with Gasteiger partial charge in [-0.2, -0.15) is 0 Å². The zero-order valence-electron chi connectivity index (χ0n) is 16.1. The molecule has 0 amide bonds. The molecule has 0 aliphatic heterocycles. The fourth-order valence-electron chi connectivity index (χ4n) is 2.89. The van der Waals surface area contributed by atoms with E-state index in [0.717, 1.165) is 35.6 Å². The van der Waals surface area contributed by atoms with Crippen molar-refractivity contribution in [2.24, 2.45) is 9.98 Å². The van der Waals surface area contributed by atoms with Crippen molar-refractivity contribution in [3.05, 3.63) is 58.7 Å². The summed E-state index contributed by atoms with van der Waals surface area (Å²) in [4.78, 5) is 9.91. The molecule has 2 aromatic carbocycles. The van der Waals surface area contributed by atoms with Crippen LogP contribution >= 0.6 is 0 Å². The molecular weight excluding hydrogens is 351 g/mol. The maximum atomic E-state index is 4.99. The van der Waals surface area contributed by atoms with E-state index in [1.54, 1.807) is 0 Å². The fraction of sp³-hybridized carbons (Fsp3) is 0.364. The molecule has 0 bridgehead atoms. The van der Waals surface area contributed by atoms with Crippen LogP contribution in [0.25, 0.3) is 0 Å². The number of rotatable bonds is 5. The molecule has 2 aromatic rings. The number of hydrogen-bond donors (Lipinski definition) is 0. The van der Waals surface area contributed by atoms with Gasteiger partial charge in [0.2, 0.25) is 0 Å². The standard InChI is InChI=1S/C22H28N2.Ni/c1-7-10-20(24-22-17(4)13-9-14-18(22)5)19(6)23-21-15(2)11-8-12-16(21)3;/h8-9,11-14H,7,10H2,1-6H3;. The van der Waals surface area contributed by atoms with Crippen LogP contribution in [0.4, 0.5) is 11.4 Å². The summed E-state index contributed by atoms with van der Waals surface area (Å²) in [6.07, 6.45) is 2.00. The monoisotopic (exact) mass is 378 g/mol. The molecule has 0 aromatic heterocycles. The van der Waals surface area contributed by atoms with Crippen molar-refractivity contribution in [2.45, 2.75) is 54.4 Å². The zero-order valence-corrected chi connectivity index (χ0v) is 17.1. The van der Waals surface area contributed by atoms with Gasteiger partial charge >= 0.3 is 0 Å². The molecule has 2 rings (SSSR count). The van der Waals surface area contributed by atoms with Crippen LogP contribution in [-0.2, 0) is 16.5 Å². The second-order valence-corrected chi connectivity index (χ2v) is 6.49. The van der Waals surface area contributed by atoms with E-state index in [4.69, 9.17) is 9.98 Å². The Hall–Kier alpha value is -1.73. The molecule has 3 heteroatoms. The molecule has 0 unspecified atom stereocenters. The molecule has 136 valence electrons. The van der Waals surface area contributed by atoms with Crippen molar-refractivity contribution in [3.8, 4) is 0 Å². The largest absolute Gasteiger partial charge is 0.251 e. The Balaban J connectivity index is 0.00000312. The molecular formula is C22H28N2Ni. The van der Waals surface area contributed by atoms with E-state index >= 15 is 0 Å². The molecule has 0 N–H and O–H groups in total. The minimum atomic E-state index is 0. The van der Waals surface area contributed by atoms with Gasteiger partial charge in [0, 0.05) is 16.5 Å². The third-order valence-electron chi connectivity index (χ3n) is 4.31. The summed E-state index contributed by atoms with van der Waals surface area (Å²) in [6.45, 7) is 12.7. The van der Waals surface area contributed by atoms with Gasteiger partial charge in [0.05, 0.1) is 22.8 Å². The van der Waals surface area contributed by atoms with Crippen LogP contribution in [0.5, 0.6) is 0 Å². The van der Waals surface area contributed by atoms with Gasteiger partial charge in [0.15, 0.2) is 0 Å². The van der Waals surface area contributed by atoms with E-state index < -0.39 is 0 Å². The Morgan fingerprint density at radius 3 is 1.56 bits per heavy atom. The first-order chi connectivity index (χ1) is 11.4. The smallest absolute Gasteiger partial charge is 0.0692 e. The first kappa shape index (κ1) is 21.3. The van der Waals surface area contributed by atoms with E-state index in [1.165, 1.54) is 22.3 Å². The molecule has 0 radical (unpaired) electrons. The number of aliphatic imine (C=N–C) groups is 2. The van der Waals surface area contributed by atoms with Gasteiger partial charge < -0.3 is 0 Å². The average molecular weight is 379 g/mol. The van der Waals surface area contributed by atoms with Gasteiger partial charge in [-0.1, -0.05) is 49.7 Å². The van der Waals surface area contributed by atoms with E-state index in [9.17, 15) is 0 Å². The molecule has 0 atom stereocenters. The van der Waals surface area contributed by atoms with Crippen LogP contribution in [0, 0.1) is 27.7 Å². The normalized spacial score (nSPS) is 12.1. The maximum Gasteiger partial charge on any atom is 0.0692 e. The second-order valence-electron chi connectivity index (χ2n) is 6.49. The van der Waals surface area contributed by atoms with Gasteiger partial charge in [-0.05, 0) is 63.3 Å². The van der Waals surface area contributed by atoms with Crippen LogP contribution in [0.3, 0.4) is 0 Å². The van der Waals surface area contributed by atoms with E-state index in [-0.39, 0.29) is 16.5 Å². The van der Waals surface area contributed by atoms with Gasteiger partial charge in [0.25, 0.3) is 0 Å². The first-order valence-electron chi connectivity index (χ1n) is 8.69. The second kappa shape index (κ2) is 9.68. The summed E-state index contributed by atoms with van der Waals surface area (Å²) in [7, 11) is 0. The summed E-state index contributed by atoms with van der Waals surface area (Å²) in [5.74, 6) is 0. The molecule has 2 nitrogen and oxygen atoms in total. The molecule has 0 saturated heterocycles. The Bertz CT molecular complexity index is 748. The topological polar surface area (TPSA) is 24.7 Å². The molecule has 0 saturated carbocycles. The Morgan fingerprint density at radius 1 is 0.760 bits per heavy atom. The summed E-state index contributed by atoms with van der Waals surface area (Å²) in [5.41, 5.74) is 9.08. The SMILES string of the molecule is CCCC(=Nc1c(C)cccc1C)C(C)=Nc1c(C)cccc1C.[Ni]. The van der Waals surface area contributed by atoms with Gasteiger partial charge in [0.1, 0.15) is 0 Å². The molecule has 0 aliphatic rings. The van der Waals surface area contributed by atoms with Crippen LogP contribution in [0.15, 0.2) is 46.4 Å². The summed E-state index contributed by atoms with van der Waals surface area (Å²) >= 11 is 0. The minimum Gasteiger partial charge on any atom is -0.251 e. The molecule has 0 aliphatic carbocycles. The Morgan fingerprint density at radius 2 is 1.16 bits per heavy atom. The van der Waals surface area contributed by atoms with Gasteiger partial charge in [-0.15, -0.1) is 0 Å². The summed E-state index contributed by atoms with van der Waals surface area (Å²) in [6, 6.07) is 12.6. The predicted octanol–water partition coefficient (Wildman–Crippen LogP) is 6.58. The number of aryl methyl sites for hydroxylation is 4. The van der Waals surface area contributed by atoms with Crippen molar-refractivity contribution in [1.29, 1.82) is 0 Å². The van der Waals surface area contributed by atoms with Crippen molar-refractivity contribution >= 4 is 22.8 Å². The van der Waals surface area contributed by atoms with Crippen LogP contribution < -0.4 is 0 Å². The maximum absolute atomic E-state index is 4.99.